The van der Waals surface area contributed by atoms with Crippen LogP contribution in [0.1, 0.15) is 0 Å². The number of anilines is 1. The summed E-state index contributed by atoms with van der Waals surface area (Å²) in [6.07, 6.45) is 3.06. The lowest BCUT2D eigenvalue weighted by molar-refractivity contribution is -0.117. The second-order valence-electron chi connectivity index (χ2n) is 4.34. The molecule has 1 aliphatic rings. The van der Waals surface area contributed by atoms with Crippen molar-refractivity contribution in [1.29, 1.82) is 5.41 Å². The van der Waals surface area contributed by atoms with Crippen LogP contribution >= 0.6 is 0 Å². The zero-order chi connectivity index (χ0) is 15.1. The van der Waals surface area contributed by atoms with Gasteiger partial charge in [-0.25, -0.2) is 10.8 Å². The lowest BCUT2D eigenvalue weighted by Crippen LogP contribution is -2.45. The fourth-order valence-corrected chi connectivity index (χ4v) is 1.87. The van der Waals surface area contributed by atoms with E-state index in [0.717, 1.165) is 0 Å². The van der Waals surface area contributed by atoms with E-state index in [1.54, 1.807) is 23.2 Å². The summed E-state index contributed by atoms with van der Waals surface area (Å²) < 4.78 is 5.24. The summed E-state index contributed by atoms with van der Waals surface area (Å²) in [5.41, 5.74) is 2.20. The second kappa shape index (κ2) is 7.36. The van der Waals surface area contributed by atoms with Gasteiger partial charge in [0.05, 0.1) is 18.8 Å². The summed E-state index contributed by atoms with van der Waals surface area (Å²) in [5.74, 6) is 5.33. The molecule has 1 aromatic rings. The highest BCUT2D eigenvalue weighted by Crippen LogP contribution is 2.08. The summed E-state index contributed by atoms with van der Waals surface area (Å²) in [6.45, 7) is 2.20. The van der Waals surface area contributed by atoms with Crippen molar-refractivity contribution in [2.24, 2.45) is 5.84 Å². The topological polar surface area (TPSA) is 116 Å². The highest BCUT2D eigenvalue weighted by atomic mass is 16.5. The van der Waals surface area contributed by atoms with Gasteiger partial charge >= 0.3 is 0 Å². The smallest absolute Gasteiger partial charge is 0.270 e. The van der Waals surface area contributed by atoms with Crippen LogP contribution in [0, 0.1) is 5.41 Å². The number of ether oxygens (including phenoxy) is 1. The lowest BCUT2D eigenvalue weighted by Gasteiger charge is -2.29. The maximum Gasteiger partial charge on any atom is 0.270 e. The molecule has 1 aromatic heterocycles. The second-order valence-corrected chi connectivity index (χ2v) is 4.34. The van der Waals surface area contributed by atoms with Gasteiger partial charge in [-0.15, -0.1) is 0 Å². The van der Waals surface area contributed by atoms with Crippen LogP contribution < -0.4 is 16.6 Å². The fourth-order valence-electron chi connectivity index (χ4n) is 1.87. The van der Waals surface area contributed by atoms with Crippen LogP contribution in [0.4, 0.5) is 5.82 Å². The minimum Gasteiger partial charge on any atom is -0.378 e. The number of morpholine rings is 1. The Kier molecular flexibility index (Phi) is 5.24. The van der Waals surface area contributed by atoms with Crippen LogP contribution in [0.2, 0.25) is 0 Å². The van der Waals surface area contributed by atoms with Crippen molar-refractivity contribution in [3.63, 3.8) is 0 Å². The molecule has 1 amide bonds. The number of nitrogens with one attached hydrogen (secondary N) is 3. The van der Waals surface area contributed by atoms with Crippen molar-refractivity contribution in [3.8, 4) is 0 Å². The van der Waals surface area contributed by atoms with Gasteiger partial charge in [-0.05, 0) is 12.1 Å². The Morgan fingerprint density at radius 1 is 1.43 bits per heavy atom. The molecule has 0 bridgehead atoms. The van der Waals surface area contributed by atoms with Gasteiger partial charge in [0, 0.05) is 25.5 Å². The van der Waals surface area contributed by atoms with E-state index in [0.29, 0.717) is 32.1 Å². The minimum absolute atomic E-state index is 0.102. The van der Waals surface area contributed by atoms with E-state index >= 15 is 0 Å². The normalized spacial score (nSPS) is 15.5. The molecule has 1 fully saturated rings. The Hall–Kier alpha value is -2.45. The molecule has 0 atom stereocenters. The lowest BCUT2D eigenvalue weighted by atomic mass is 10.2. The van der Waals surface area contributed by atoms with E-state index in [9.17, 15) is 4.79 Å². The van der Waals surface area contributed by atoms with Crippen LogP contribution in [-0.4, -0.2) is 47.9 Å². The van der Waals surface area contributed by atoms with Crippen LogP contribution in [0.3, 0.4) is 0 Å². The predicted octanol–water partition coefficient (Wildman–Crippen LogP) is -0.323. The van der Waals surface area contributed by atoms with Crippen molar-refractivity contribution < 1.29 is 9.53 Å². The molecule has 1 aliphatic heterocycles. The van der Waals surface area contributed by atoms with Crippen LogP contribution in [0.25, 0.3) is 0 Å². The third-order valence-electron chi connectivity index (χ3n) is 2.99. The summed E-state index contributed by atoms with van der Waals surface area (Å²) in [5, 5.41) is 11.1. The number of carbonyl (C=O) groups excluding carboxylic acids is 1. The zero-order valence-electron chi connectivity index (χ0n) is 11.5. The highest BCUT2D eigenvalue weighted by Gasteiger charge is 2.21. The number of amides is 1. The Morgan fingerprint density at radius 2 is 2.19 bits per heavy atom. The maximum atomic E-state index is 11.9. The monoisotopic (exact) mass is 290 g/mol. The van der Waals surface area contributed by atoms with Gasteiger partial charge in [0.15, 0.2) is 0 Å². The molecule has 0 saturated carbocycles. The Morgan fingerprint density at radius 3 is 2.81 bits per heavy atom. The number of rotatable bonds is 4. The molecule has 21 heavy (non-hydrogen) atoms. The average Bonchev–Trinajstić information content (AvgIpc) is 2.56. The van der Waals surface area contributed by atoms with Crippen LogP contribution in [0.15, 0.2) is 36.2 Å². The van der Waals surface area contributed by atoms with E-state index < -0.39 is 5.91 Å². The molecule has 8 heteroatoms. The van der Waals surface area contributed by atoms with E-state index in [-0.39, 0.29) is 11.4 Å². The number of nitrogens with two attached hydrogens (primary N) is 1. The van der Waals surface area contributed by atoms with Gasteiger partial charge in [-0.3, -0.25) is 15.6 Å². The van der Waals surface area contributed by atoms with Gasteiger partial charge in [-0.2, -0.15) is 0 Å². The molecule has 2 rings (SSSR count). The predicted molar refractivity (Wildman–Crippen MR) is 78.4 cm³/mol. The molecular weight excluding hydrogens is 272 g/mol. The number of hydrogen-bond donors (Lipinski definition) is 4. The number of nitrogens with zero attached hydrogens (tertiary/aromatic N) is 2. The van der Waals surface area contributed by atoms with Crippen molar-refractivity contribution >= 4 is 17.6 Å². The molecule has 0 aromatic carbocycles. The Bertz CT molecular complexity index is 525. The van der Waals surface area contributed by atoms with Gasteiger partial charge < -0.3 is 15.0 Å². The van der Waals surface area contributed by atoms with E-state index in [1.165, 1.54) is 6.20 Å². The number of carbonyl (C=O) groups is 1. The zero-order valence-corrected chi connectivity index (χ0v) is 11.5. The molecule has 0 radical (unpaired) electrons. The standard InChI is InChI=1S/C13H18N6O2/c14-12(19-5-7-21-8-6-19)10(13(20)18-15)9-17-11-3-1-2-4-16-11/h1-4,9,14H,5-8,15H2,(H,16,17)(H,18,20)/b10-9+,14-12?. The molecule has 0 spiro atoms. The van der Waals surface area contributed by atoms with Crippen LogP contribution in [0.5, 0.6) is 0 Å². The molecule has 8 nitrogen and oxygen atoms in total. The van der Waals surface area contributed by atoms with Gasteiger partial charge in [0.1, 0.15) is 11.7 Å². The van der Waals surface area contributed by atoms with Crippen molar-refractivity contribution in [2.75, 3.05) is 31.6 Å². The molecule has 0 unspecified atom stereocenters. The third-order valence-corrected chi connectivity index (χ3v) is 2.99. The third kappa shape index (κ3) is 4.01. The maximum absolute atomic E-state index is 11.9. The van der Waals surface area contributed by atoms with Gasteiger partial charge in [0.2, 0.25) is 0 Å². The number of hydrazine groups is 1. The van der Waals surface area contributed by atoms with E-state index in [1.807, 2.05) is 6.07 Å². The average molecular weight is 290 g/mol. The summed E-state index contributed by atoms with van der Waals surface area (Å²) in [6, 6.07) is 5.37. The summed E-state index contributed by atoms with van der Waals surface area (Å²) in [7, 11) is 0. The molecule has 1 saturated heterocycles. The first-order valence-electron chi connectivity index (χ1n) is 6.52. The Balaban J connectivity index is 2.13. The SMILES string of the molecule is N=C(/C(=C\Nc1ccccn1)C(=O)NN)N1CCOCC1. The molecular formula is C13H18N6O2. The van der Waals surface area contributed by atoms with Crippen LogP contribution in [-0.2, 0) is 9.53 Å². The van der Waals surface area contributed by atoms with E-state index in [4.69, 9.17) is 16.0 Å². The Labute approximate surface area is 122 Å². The highest BCUT2D eigenvalue weighted by molar-refractivity contribution is 6.19. The molecule has 112 valence electrons. The number of amidine groups is 1. The van der Waals surface area contributed by atoms with Gasteiger partial charge in [-0.1, -0.05) is 6.07 Å². The molecule has 0 aliphatic carbocycles. The largest absolute Gasteiger partial charge is 0.378 e. The number of hydrogen-bond acceptors (Lipinski definition) is 6. The summed E-state index contributed by atoms with van der Waals surface area (Å²) >= 11 is 0. The molecule has 2 heterocycles. The quantitative estimate of drug-likeness (QED) is 0.151. The minimum atomic E-state index is -0.532. The first-order valence-corrected chi connectivity index (χ1v) is 6.52. The van der Waals surface area contributed by atoms with Crippen molar-refractivity contribution in [2.45, 2.75) is 0 Å². The van der Waals surface area contributed by atoms with E-state index in [2.05, 4.69) is 15.7 Å². The fraction of sp³-hybridized carbons (Fsp3) is 0.308. The number of pyridine rings is 1. The number of aromatic nitrogens is 1. The van der Waals surface area contributed by atoms with Crippen molar-refractivity contribution in [1.82, 2.24) is 15.3 Å². The first kappa shape index (κ1) is 14.9. The summed E-state index contributed by atoms with van der Waals surface area (Å²) in [4.78, 5) is 17.7. The van der Waals surface area contributed by atoms with Crippen molar-refractivity contribution in [3.05, 3.63) is 36.2 Å². The molecule has 5 N–H and O–H groups in total. The first-order chi connectivity index (χ1) is 10.2. The van der Waals surface area contributed by atoms with Gasteiger partial charge in [0.25, 0.3) is 5.91 Å².